The van der Waals surface area contributed by atoms with E-state index in [1.807, 2.05) is 20.8 Å². The maximum atomic E-state index is 11.7. The molecule has 100 valence electrons. The van der Waals surface area contributed by atoms with Crippen LogP contribution in [0.1, 0.15) is 43.9 Å². The maximum Gasteiger partial charge on any atom is 0.306 e. The standard InChI is InChI=1S/C15H21BrO2/c1-11-5-6-12(13(9-11)10-16)7-8-14(17)18-15(2,3)4/h5-6,9H,7-8,10H2,1-4H3. The van der Waals surface area contributed by atoms with Gasteiger partial charge in [-0.25, -0.2) is 0 Å². The molecule has 3 heteroatoms. The van der Waals surface area contributed by atoms with E-state index >= 15 is 0 Å². The molecular formula is C15H21BrO2. The van der Waals surface area contributed by atoms with Gasteiger partial charge >= 0.3 is 5.97 Å². The SMILES string of the molecule is Cc1ccc(CCC(=O)OC(C)(C)C)c(CBr)c1. The largest absolute Gasteiger partial charge is 0.460 e. The fraction of sp³-hybridized carbons (Fsp3) is 0.533. The van der Waals surface area contributed by atoms with E-state index in [9.17, 15) is 4.79 Å². The number of esters is 1. The van der Waals surface area contributed by atoms with Crippen LogP contribution in [0.15, 0.2) is 18.2 Å². The molecule has 0 saturated heterocycles. The maximum absolute atomic E-state index is 11.7. The summed E-state index contributed by atoms with van der Waals surface area (Å²) in [5, 5.41) is 0.818. The van der Waals surface area contributed by atoms with Gasteiger partial charge in [-0.2, -0.15) is 0 Å². The van der Waals surface area contributed by atoms with Crippen LogP contribution in [0.3, 0.4) is 0 Å². The van der Waals surface area contributed by atoms with Gasteiger partial charge in [-0.3, -0.25) is 4.79 Å². The molecule has 0 aliphatic rings. The summed E-state index contributed by atoms with van der Waals surface area (Å²) in [7, 11) is 0. The van der Waals surface area contributed by atoms with Crippen LogP contribution in [-0.4, -0.2) is 11.6 Å². The third kappa shape index (κ3) is 5.21. The Morgan fingerprint density at radius 1 is 1.28 bits per heavy atom. The average Bonchev–Trinajstić information content (AvgIpc) is 2.24. The Morgan fingerprint density at radius 2 is 1.94 bits per heavy atom. The van der Waals surface area contributed by atoms with Crippen molar-refractivity contribution in [1.82, 2.24) is 0 Å². The molecule has 0 unspecified atom stereocenters. The first-order valence-electron chi connectivity index (χ1n) is 6.18. The average molecular weight is 313 g/mol. The minimum Gasteiger partial charge on any atom is -0.460 e. The molecule has 1 aromatic rings. The molecule has 0 amide bonds. The summed E-state index contributed by atoms with van der Waals surface area (Å²) in [6.45, 7) is 7.74. The minimum atomic E-state index is -0.400. The smallest absolute Gasteiger partial charge is 0.306 e. The van der Waals surface area contributed by atoms with Gasteiger partial charge in [0.1, 0.15) is 5.60 Å². The van der Waals surface area contributed by atoms with Crippen molar-refractivity contribution in [2.75, 3.05) is 0 Å². The highest BCUT2D eigenvalue weighted by Gasteiger charge is 2.16. The predicted octanol–water partition coefficient (Wildman–Crippen LogP) is 4.16. The van der Waals surface area contributed by atoms with Crippen molar-refractivity contribution >= 4 is 21.9 Å². The van der Waals surface area contributed by atoms with Crippen LogP contribution in [0, 0.1) is 6.92 Å². The number of rotatable bonds is 4. The van der Waals surface area contributed by atoms with Crippen LogP contribution in [0.5, 0.6) is 0 Å². The quantitative estimate of drug-likeness (QED) is 0.616. The molecule has 18 heavy (non-hydrogen) atoms. The first-order chi connectivity index (χ1) is 8.31. The van der Waals surface area contributed by atoms with Crippen molar-refractivity contribution in [3.05, 3.63) is 34.9 Å². The molecule has 0 radical (unpaired) electrons. The number of hydrogen-bond donors (Lipinski definition) is 0. The number of hydrogen-bond acceptors (Lipinski definition) is 2. The normalized spacial score (nSPS) is 11.4. The van der Waals surface area contributed by atoms with E-state index in [4.69, 9.17) is 4.74 Å². The van der Waals surface area contributed by atoms with Crippen molar-refractivity contribution in [3.63, 3.8) is 0 Å². The molecule has 1 rings (SSSR count). The third-order valence-corrected chi connectivity index (χ3v) is 3.13. The van der Waals surface area contributed by atoms with Crippen molar-refractivity contribution in [2.45, 2.75) is 51.5 Å². The lowest BCUT2D eigenvalue weighted by Crippen LogP contribution is -2.24. The van der Waals surface area contributed by atoms with Crippen molar-refractivity contribution in [2.24, 2.45) is 0 Å². The summed E-state index contributed by atoms with van der Waals surface area (Å²) >= 11 is 3.48. The summed E-state index contributed by atoms with van der Waals surface area (Å²) in [5.74, 6) is -0.136. The number of carbonyl (C=O) groups excluding carboxylic acids is 1. The lowest BCUT2D eigenvalue weighted by Gasteiger charge is -2.19. The fourth-order valence-corrected chi connectivity index (χ4v) is 2.27. The summed E-state index contributed by atoms with van der Waals surface area (Å²) in [4.78, 5) is 11.7. The zero-order chi connectivity index (χ0) is 13.8. The van der Waals surface area contributed by atoms with Gasteiger partial charge in [0.05, 0.1) is 0 Å². The molecule has 0 bridgehead atoms. The Hall–Kier alpha value is -0.830. The molecule has 0 aromatic heterocycles. The van der Waals surface area contributed by atoms with Gasteiger partial charge in [0.25, 0.3) is 0 Å². The fourth-order valence-electron chi connectivity index (χ4n) is 1.75. The minimum absolute atomic E-state index is 0.136. The van der Waals surface area contributed by atoms with E-state index in [1.165, 1.54) is 16.7 Å². The van der Waals surface area contributed by atoms with Gasteiger partial charge < -0.3 is 4.74 Å². The number of halogens is 1. The van der Waals surface area contributed by atoms with Gasteiger partial charge in [-0.05, 0) is 45.2 Å². The number of carbonyl (C=O) groups is 1. The predicted molar refractivity (Wildman–Crippen MR) is 78.0 cm³/mol. The van der Waals surface area contributed by atoms with Gasteiger partial charge in [-0.15, -0.1) is 0 Å². The molecule has 0 spiro atoms. The Kier molecular flexibility index (Phi) is 5.39. The summed E-state index contributed by atoms with van der Waals surface area (Å²) in [5.41, 5.74) is 3.30. The van der Waals surface area contributed by atoms with Gasteiger partial charge in [0.15, 0.2) is 0 Å². The van der Waals surface area contributed by atoms with Gasteiger partial charge in [0.2, 0.25) is 0 Å². The van der Waals surface area contributed by atoms with Crippen LogP contribution in [0.25, 0.3) is 0 Å². The second kappa shape index (κ2) is 6.37. The summed E-state index contributed by atoms with van der Waals surface area (Å²) < 4.78 is 5.31. The molecule has 0 saturated carbocycles. The zero-order valence-electron chi connectivity index (χ0n) is 11.5. The Labute approximate surface area is 118 Å². The zero-order valence-corrected chi connectivity index (χ0v) is 13.1. The number of aryl methyl sites for hydroxylation is 2. The molecule has 0 N–H and O–H groups in total. The lowest BCUT2D eigenvalue weighted by molar-refractivity contribution is -0.154. The highest BCUT2D eigenvalue weighted by atomic mass is 79.9. The van der Waals surface area contributed by atoms with E-state index < -0.39 is 5.60 Å². The van der Waals surface area contributed by atoms with Crippen molar-refractivity contribution in [3.8, 4) is 0 Å². The second-order valence-corrected chi connectivity index (χ2v) is 6.05. The first-order valence-corrected chi connectivity index (χ1v) is 7.30. The Morgan fingerprint density at radius 3 is 2.50 bits per heavy atom. The monoisotopic (exact) mass is 312 g/mol. The highest BCUT2D eigenvalue weighted by Crippen LogP contribution is 2.17. The highest BCUT2D eigenvalue weighted by molar-refractivity contribution is 9.08. The van der Waals surface area contributed by atoms with Crippen molar-refractivity contribution in [1.29, 1.82) is 0 Å². The number of ether oxygens (including phenoxy) is 1. The van der Waals surface area contributed by atoms with Gasteiger partial charge in [0, 0.05) is 11.8 Å². The Bertz CT molecular complexity index is 419. The number of alkyl halides is 1. The molecule has 0 aliphatic carbocycles. The van der Waals surface area contributed by atoms with E-state index in [0.29, 0.717) is 6.42 Å². The Balaban J connectivity index is 2.61. The topological polar surface area (TPSA) is 26.3 Å². The lowest BCUT2D eigenvalue weighted by atomic mass is 10.0. The molecule has 0 fully saturated rings. The van der Waals surface area contributed by atoms with Crippen LogP contribution in [0.4, 0.5) is 0 Å². The molecule has 0 aliphatic heterocycles. The molecule has 1 aromatic carbocycles. The third-order valence-electron chi connectivity index (χ3n) is 2.52. The second-order valence-electron chi connectivity index (χ2n) is 5.49. The van der Waals surface area contributed by atoms with E-state index in [2.05, 4.69) is 41.1 Å². The van der Waals surface area contributed by atoms with Crippen LogP contribution in [-0.2, 0) is 21.3 Å². The van der Waals surface area contributed by atoms with Crippen LogP contribution >= 0.6 is 15.9 Å². The summed E-state index contributed by atoms with van der Waals surface area (Å²) in [6, 6.07) is 6.33. The molecule has 0 atom stereocenters. The molecule has 2 nitrogen and oxygen atoms in total. The summed E-state index contributed by atoms with van der Waals surface area (Å²) in [6.07, 6.45) is 1.16. The van der Waals surface area contributed by atoms with Crippen LogP contribution < -0.4 is 0 Å². The van der Waals surface area contributed by atoms with Gasteiger partial charge in [-0.1, -0.05) is 39.7 Å². The van der Waals surface area contributed by atoms with E-state index in [1.54, 1.807) is 0 Å². The van der Waals surface area contributed by atoms with E-state index in [0.717, 1.165) is 11.8 Å². The first kappa shape index (κ1) is 15.2. The van der Waals surface area contributed by atoms with Crippen LogP contribution in [0.2, 0.25) is 0 Å². The van der Waals surface area contributed by atoms with E-state index in [-0.39, 0.29) is 5.97 Å². The van der Waals surface area contributed by atoms with Crippen molar-refractivity contribution < 1.29 is 9.53 Å². The molecular weight excluding hydrogens is 292 g/mol. The number of benzene rings is 1. The molecule has 0 heterocycles.